The zero-order valence-corrected chi connectivity index (χ0v) is 15.0. The summed E-state index contributed by atoms with van der Waals surface area (Å²) >= 11 is 0. The van der Waals surface area contributed by atoms with Gasteiger partial charge in [-0.1, -0.05) is 18.2 Å². The Balaban J connectivity index is 1.46. The van der Waals surface area contributed by atoms with E-state index in [0.29, 0.717) is 12.2 Å². The molecular weight excluding hydrogens is 328 g/mol. The van der Waals surface area contributed by atoms with Crippen molar-refractivity contribution in [3.8, 4) is 5.75 Å². The summed E-state index contributed by atoms with van der Waals surface area (Å²) in [5.41, 5.74) is 3.55. The Morgan fingerprint density at radius 3 is 2.58 bits per heavy atom. The van der Waals surface area contributed by atoms with Crippen LogP contribution in [0.2, 0.25) is 0 Å². The van der Waals surface area contributed by atoms with Gasteiger partial charge in [-0.3, -0.25) is 4.79 Å². The van der Waals surface area contributed by atoms with Gasteiger partial charge in [0.2, 0.25) is 5.78 Å². The Morgan fingerprint density at radius 2 is 1.92 bits per heavy atom. The van der Waals surface area contributed by atoms with E-state index in [-0.39, 0.29) is 5.78 Å². The lowest BCUT2D eigenvalue weighted by molar-refractivity contribution is -0.125. The number of hydrogen-bond donors (Lipinski definition) is 0. The molecule has 3 heterocycles. The molecule has 0 saturated carbocycles. The van der Waals surface area contributed by atoms with E-state index < -0.39 is 5.60 Å². The molecule has 0 unspecified atom stereocenters. The van der Waals surface area contributed by atoms with Gasteiger partial charge < -0.3 is 13.9 Å². The number of imidazole rings is 1. The molecule has 0 radical (unpaired) electrons. The summed E-state index contributed by atoms with van der Waals surface area (Å²) in [6.07, 6.45) is 3.53. The molecule has 4 rings (SSSR count). The van der Waals surface area contributed by atoms with E-state index in [4.69, 9.17) is 9.47 Å². The van der Waals surface area contributed by atoms with E-state index in [1.54, 1.807) is 13.8 Å². The van der Waals surface area contributed by atoms with Gasteiger partial charge in [-0.25, -0.2) is 4.98 Å². The van der Waals surface area contributed by atoms with Crippen LogP contribution in [0.4, 0.5) is 0 Å². The summed E-state index contributed by atoms with van der Waals surface area (Å²) in [5, 5.41) is 0. The van der Waals surface area contributed by atoms with Crippen molar-refractivity contribution in [2.24, 2.45) is 0 Å². The molecule has 1 aliphatic heterocycles. The van der Waals surface area contributed by atoms with Crippen molar-refractivity contribution in [3.63, 3.8) is 0 Å². The molecule has 0 aliphatic carbocycles. The van der Waals surface area contributed by atoms with Crippen molar-refractivity contribution in [2.45, 2.75) is 33.0 Å². The van der Waals surface area contributed by atoms with Crippen molar-refractivity contribution < 1.29 is 14.3 Å². The number of fused-ring (bicyclic) bond motifs is 1. The molecule has 0 fully saturated rings. The van der Waals surface area contributed by atoms with Crippen LogP contribution < -0.4 is 4.74 Å². The van der Waals surface area contributed by atoms with Crippen LogP contribution in [0.1, 0.15) is 30.8 Å². The first-order valence-electron chi connectivity index (χ1n) is 8.54. The number of aromatic nitrogens is 2. The second-order valence-electron chi connectivity index (χ2n) is 6.93. The van der Waals surface area contributed by atoms with Gasteiger partial charge in [-0.15, -0.1) is 0 Å². The predicted molar refractivity (Wildman–Crippen MR) is 98.9 cm³/mol. The lowest BCUT2D eigenvalue weighted by Crippen LogP contribution is -2.28. The Hall–Kier alpha value is -3.08. The molecule has 132 valence electrons. The van der Waals surface area contributed by atoms with Gasteiger partial charge in [0, 0.05) is 11.9 Å². The fourth-order valence-electron chi connectivity index (χ4n) is 2.99. The molecule has 1 aromatic carbocycles. The Bertz CT molecular complexity index is 1010. The summed E-state index contributed by atoms with van der Waals surface area (Å²) in [7, 11) is 0. The molecule has 0 saturated heterocycles. The number of nitrogens with zero attached hydrogens (tertiary/aromatic N) is 2. The molecule has 0 spiro atoms. The number of Topliss-reactive ketones (excluding diaryl/α,β-unsaturated/α-hetero) is 1. The summed E-state index contributed by atoms with van der Waals surface area (Å²) in [6.45, 7) is 5.97. The molecule has 0 bridgehead atoms. The average Bonchev–Trinajstić information content (AvgIpc) is 3.16. The number of carbonyl (C=O) groups excluding carboxylic acids is 1. The molecular formula is C21H20N2O3. The number of ketones is 1. The van der Waals surface area contributed by atoms with Gasteiger partial charge in [0.15, 0.2) is 5.60 Å². The van der Waals surface area contributed by atoms with Crippen LogP contribution in [-0.2, 0) is 16.1 Å². The zero-order chi connectivity index (χ0) is 18.3. The lowest BCUT2D eigenvalue weighted by atomic mass is 9.95. The summed E-state index contributed by atoms with van der Waals surface area (Å²) in [5.74, 6) is 0.722. The van der Waals surface area contributed by atoms with Gasteiger partial charge in [-0.05, 0) is 50.6 Å². The van der Waals surface area contributed by atoms with E-state index >= 15 is 0 Å². The summed E-state index contributed by atoms with van der Waals surface area (Å²) in [6, 6.07) is 13.5. The van der Waals surface area contributed by atoms with E-state index in [2.05, 4.69) is 4.98 Å². The van der Waals surface area contributed by atoms with Crippen molar-refractivity contribution in [1.82, 2.24) is 9.38 Å². The molecule has 2 aromatic heterocycles. The molecule has 5 nitrogen and oxygen atoms in total. The van der Waals surface area contributed by atoms with Crippen LogP contribution in [0.5, 0.6) is 5.75 Å². The minimum absolute atomic E-state index is 0.00811. The second-order valence-corrected chi connectivity index (χ2v) is 6.93. The monoisotopic (exact) mass is 348 g/mol. The van der Waals surface area contributed by atoms with Gasteiger partial charge in [-0.2, -0.15) is 0 Å². The minimum atomic E-state index is -0.786. The van der Waals surface area contributed by atoms with E-state index in [0.717, 1.165) is 28.3 Å². The van der Waals surface area contributed by atoms with Crippen LogP contribution in [0.3, 0.4) is 0 Å². The number of aryl methyl sites for hydroxylation is 1. The number of hydrogen-bond acceptors (Lipinski definition) is 4. The molecule has 26 heavy (non-hydrogen) atoms. The first kappa shape index (κ1) is 16.4. The third-order valence-corrected chi connectivity index (χ3v) is 4.56. The van der Waals surface area contributed by atoms with Gasteiger partial charge in [0.05, 0.1) is 17.5 Å². The van der Waals surface area contributed by atoms with Gasteiger partial charge in [0.1, 0.15) is 18.0 Å². The minimum Gasteiger partial charge on any atom is -0.487 e. The van der Waals surface area contributed by atoms with Crippen LogP contribution in [0.25, 0.3) is 11.2 Å². The zero-order valence-electron chi connectivity index (χ0n) is 15.0. The fourth-order valence-corrected chi connectivity index (χ4v) is 2.99. The highest BCUT2D eigenvalue weighted by Gasteiger charge is 2.37. The fraction of sp³-hybridized carbons (Fsp3) is 0.238. The van der Waals surface area contributed by atoms with E-state index in [1.165, 1.54) is 6.26 Å². The SMILES string of the molecule is Cc1cccc2nc(COc3ccc(C4=COC(C)(C)C4=O)cc3)cn12. The molecule has 1 aliphatic rings. The summed E-state index contributed by atoms with van der Waals surface area (Å²) in [4.78, 5) is 16.9. The largest absolute Gasteiger partial charge is 0.487 e. The summed E-state index contributed by atoms with van der Waals surface area (Å²) < 4.78 is 13.3. The third-order valence-electron chi connectivity index (χ3n) is 4.56. The molecule has 3 aromatic rings. The van der Waals surface area contributed by atoms with Crippen molar-refractivity contribution in [3.05, 3.63) is 71.9 Å². The topological polar surface area (TPSA) is 52.8 Å². The number of carbonyl (C=O) groups is 1. The van der Waals surface area contributed by atoms with Crippen molar-refractivity contribution in [1.29, 1.82) is 0 Å². The average molecular weight is 348 g/mol. The Morgan fingerprint density at radius 1 is 1.15 bits per heavy atom. The number of ether oxygens (including phenoxy) is 2. The maximum Gasteiger partial charge on any atom is 0.209 e. The van der Waals surface area contributed by atoms with Crippen molar-refractivity contribution >= 4 is 17.0 Å². The number of benzene rings is 1. The van der Waals surface area contributed by atoms with Crippen LogP contribution in [-0.4, -0.2) is 20.8 Å². The lowest BCUT2D eigenvalue weighted by Gasteiger charge is -2.15. The molecule has 0 amide bonds. The Labute approximate surface area is 151 Å². The Kier molecular flexibility index (Phi) is 3.80. The quantitative estimate of drug-likeness (QED) is 0.717. The third kappa shape index (κ3) is 2.86. The maximum atomic E-state index is 12.3. The standard InChI is InChI=1S/C21H20N2O3/c1-14-5-4-6-19-22-16(11-23(14)19)12-25-17-9-7-15(8-10-17)18-13-26-21(2,3)20(18)24/h4-11,13H,12H2,1-3H3. The van der Waals surface area contributed by atoms with Gasteiger partial charge >= 0.3 is 0 Å². The van der Waals surface area contributed by atoms with Gasteiger partial charge in [0.25, 0.3) is 0 Å². The van der Waals surface area contributed by atoms with E-state index in [9.17, 15) is 4.79 Å². The normalized spacial score (nSPS) is 15.8. The smallest absolute Gasteiger partial charge is 0.209 e. The highest BCUT2D eigenvalue weighted by molar-refractivity contribution is 6.25. The number of pyridine rings is 1. The van der Waals surface area contributed by atoms with E-state index in [1.807, 2.05) is 60.0 Å². The van der Waals surface area contributed by atoms with Crippen LogP contribution >= 0.6 is 0 Å². The maximum absolute atomic E-state index is 12.3. The second kappa shape index (κ2) is 6.02. The molecule has 5 heteroatoms. The first-order valence-corrected chi connectivity index (χ1v) is 8.54. The highest BCUT2D eigenvalue weighted by Crippen LogP contribution is 2.31. The molecule has 0 atom stereocenters. The highest BCUT2D eigenvalue weighted by atomic mass is 16.5. The van der Waals surface area contributed by atoms with Crippen LogP contribution in [0, 0.1) is 6.92 Å². The first-order chi connectivity index (χ1) is 12.4. The molecule has 0 N–H and O–H groups in total. The predicted octanol–water partition coefficient (Wildman–Crippen LogP) is 3.94. The number of rotatable bonds is 4. The van der Waals surface area contributed by atoms with Crippen molar-refractivity contribution in [2.75, 3.05) is 0 Å². The van der Waals surface area contributed by atoms with Crippen LogP contribution in [0.15, 0.2) is 54.9 Å².